The molecule has 0 fully saturated rings. The number of aryl methyl sites for hydroxylation is 3. The van der Waals surface area contributed by atoms with Gasteiger partial charge in [-0.3, -0.25) is 0 Å². The van der Waals surface area contributed by atoms with Gasteiger partial charge >= 0.3 is 0 Å². The smallest absolute Gasteiger partial charge is 0.00489 e. The summed E-state index contributed by atoms with van der Waals surface area (Å²) in [6.45, 7) is 4.59. The largest absolute Gasteiger partial charge is 0.317 e. The van der Waals surface area contributed by atoms with Gasteiger partial charge in [-0.1, -0.05) is 31.5 Å². The van der Waals surface area contributed by atoms with Crippen LogP contribution in [-0.2, 0) is 19.3 Å². The van der Waals surface area contributed by atoms with Gasteiger partial charge in [-0.25, -0.2) is 0 Å². The first-order valence-electron chi connectivity index (χ1n) is 8.21. The molecule has 1 heteroatoms. The zero-order valence-corrected chi connectivity index (χ0v) is 12.5. The van der Waals surface area contributed by atoms with Crippen molar-refractivity contribution in [3.63, 3.8) is 0 Å². The van der Waals surface area contributed by atoms with Crippen LogP contribution < -0.4 is 5.32 Å². The van der Waals surface area contributed by atoms with Crippen LogP contribution in [0.25, 0.3) is 0 Å². The highest BCUT2D eigenvalue weighted by Gasteiger charge is 2.08. The summed E-state index contributed by atoms with van der Waals surface area (Å²) in [6, 6.07) is 7.22. The Hall–Kier alpha value is -0.820. The predicted molar refractivity (Wildman–Crippen MR) is 83.8 cm³/mol. The number of benzene rings is 1. The molecule has 1 nitrogen and oxygen atoms in total. The lowest BCUT2D eigenvalue weighted by molar-refractivity contribution is 0.598. The van der Waals surface area contributed by atoms with Gasteiger partial charge in [-0.2, -0.15) is 0 Å². The van der Waals surface area contributed by atoms with Crippen LogP contribution in [0.5, 0.6) is 0 Å². The standard InChI is InChI=1S/C18H29N/c1-2-13-19-14-7-3-4-8-16-11-12-17-9-5-6-10-18(17)15-16/h11-12,15,19H,2-10,13-14H2,1H3. The highest BCUT2D eigenvalue weighted by Crippen LogP contribution is 2.22. The molecule has 0 amide bonds. The molecule has 0 unspecified atom stereocenters. The molecule has 0 heterocycles. The molecular formula is C18H29N. The molecule has 0 radical (unpaired) electrons. The monoisotopic (exact) mass is 259 g/mol. The highest BCUT2D eigenvalue weighted by molar-refractivity contribution is 5.33. The third-order valence-corrected chi connectivity index (χ3v) is 4.16. The summed E-state index contributed by atoms with van der Waals surface area (Å²) in [5.74, 6) is 0. The molecule has 1 N–H and O–H groups in total. The Morgan fingerprint density at radius 2 is 1.79 bits per heavy atom. The van der Waals surface area contributed by atoms with E-state index in [1.807, 2.05) is 0 Å². The first-order valence-corrected chi connectivity index (χ1v) is 8.21. The second kappa shape index (κ2) is 8.37. The fourth-order valence-corrected chi connectivity index (χ4v) is 3.00. The Balaban J connectivity index is 1.66. The minimum Gasteiger partial charge on any atom is -0.317 e. The van der Waals surface area contributed by atoms with E-state index in [1.54, 1.807) is 16.7 Å². The van der Waals surface area contributed by atoms with E-state index in [2.05, 4.69) is 30.4 Å². The molecule has 1 aromatic rings. The van der Waals surface area contributed by atoms with Crippen LogP contribution in [0.15, 0.2) is 18.2 Å². The Labute approximate surface area is 118 Å². The summed E-state index contributed by atoms with van der Waals surface area (Å²) < 4.78 is 0. The van der Waals surface area contributed by atoms with Crippen LogP contribution in [0.3, 0.4) is 0 Å². The Bertz CT molecular complexity index is 370. The molecule has 0 aliphatic heterocycles. The molecule has 19 heavy (non-hydrogen) atoms. The van der Waals surface area contributed by atoms with E-state index < -0.39 is 0 Å². The van der Waals surface area contributed by atoms with Gasteiger partial charge in [0.05, 0.1) is 0 Å². The van der Waals surface area contributed by atoms with Gasteiger partial charge in [-0.15, -0.1) is 0 Å². The Morgan fingerprint density at radius 3 is 2.63 bits per heavy atom. The van der Waals surface area contributed by atoms with E-state index in [1.165, 1.54) is 70.9 Å². The highest BCUT2D eigenvalue weighted by atomic mass is 14.8. The van der Waals surface area contributed by atoms with Gasteiger partial charge < -0.3 is 5.32 Å². The SMILES string of the molecule is CCCNCCCCCc1ccc2c(c1)CCCC2. The van der Waals surface area contributed by atoms with E-state index in [-0.39, 0.29) is 0 Å². The molecule has 0 saturated heterocycles. The fraction of sp³-hybridized carbons (Fsp3) is 0.667. The van der Waals surface area contributed by atoms with Crippen molar-refractivity contribution in [2.24, 2.45) is 0 Å². The second-order valence-electron chi connectivity index (χ2n) is 5.87. The Morgan fingerprint density at radius 1 is 0.947 bits per heavy atom. The molecule has 106 valence electrons. The third-order valence-electron chi connectivity index (χ3n) is 4.16. The lowest BCUT2D eigenvalue weighted by atomic mass is 9.89. The maximum absolute atomic E-state index is 3.47. The average Bonchev–Trinajstić information content (AvgIpc) is 2.46. The minimum absolute atomic E-state index is 1.17. The molecular weight excluding hydrogens is 230 g/mol. The zero-order chi connectivity index (χ0) is 13.3. The molecule has 1 aromatic carbocycles. The summed E-state index contributed by atoms with van der Waals surface area (Å²) in [6.07, 6.45) is 11.9. The van der Waals surface area contributed by atoms with Crippen LogP contribution in [-0.4, -0.2) is 13.1 Å². The maximum atomic E-state index is 3.47. The van der Waals surface area contributed by atoms with Gasteiger partial charge in [-0.05, 0) is 81.1 Å². The summed E-state index contributed by atoms with van der Waals surface area (Å²) in [5, 5.41) is 3.47. The average molecular weight is 259 g/mol. The quantitative estimate of drug-likeness (QED) is 0.687. The van der Waals surface area contributed by atoms with Crippen LogP contribution in [0, 0.1) is 0 Å². The number of unbranched alkanes of at least 4 members (excludes halogenated alkanes) is 2. The predicted octanol–water partition coefficient (Wildman–Crippen LogP) is 4.28. The van der Waals surface area contributed by atoms with Crippen LogP contribution >= 0.6 is 0 Å². The van der Waals surface area contributed by atoms with Crippen LogP contribution in [0.4, 0.5) is 0 Å². The van der Waals surface area contributed by atoms with E-state index >= 15 is 0 Å². The lowest BCUT2D eigenvalue weighted by Gasteiger charge is -2.16. The van der Waals surface area contributed by atoms with Crippen molar-refractivity contribution in [2.45, 2.75) is 64.7 Å². The van der Waals surface area contributed by atoms with Crippen molar-refractivity contribution < 1.29 is 0 Å². The molecule has 0 aromatic heterocycles. The molecule has 0 bridgehead atoms. The second-order valence-corrected chi connectivity index (χ2v) is 5.87. The summed E-state index contributed by atoms with van der Waals surface area (Å²) >= 11 is 0. The van der Waals surface area contributed by atoms with Gasteiger partial charge in [0, 0.05) is 0 Å². The molecule has 0 atom stereocenters. The molecule has 2 rings (SSSR count). The van der Waals surface area contributed by atoms with Crippen molar-refractivity contribution in [3.05, 3.63) is 34.9 Å². The van der Waals surface area contributed by atoms with E-state index in [0.29, 0.717) is 0 Å². The summed E-state index contributed by atoms with van der Waals surface area (Å²) in [7, 11) is 0. The van der Waals surface area contributed by atoms with Crippen LogP contribution in [0.2, 0.25) is 0 Å². The van der Waals surface area contributed by atoms with Crippen molar-refractivity contribution in [2.75, 3.05) is 13.1 Å². The van der Waals surface area contributed by atoms with Gasteiger partial charge in [0.2, 0.25) is 0 Å². The zero-order valence-electron chi connectivity index (χ0n) is 12.5. The topological polar surface area (TPSA) is 12.0 Å². The van der Waals surface area contributed by atoms with Gasteiger partial charge in [0.1, 0.15) is 0 Å². The number of hydrogen-bond acceptors (Lipinski definition) is 1. The summed E-state index contributed by atoms with van der Waals surface area (Å²) in [4.78, 5) is 0. The van der Waals surface area contributed by atoms with Crippen molar-refractivity contribution in [1.82, 2.24) is 5.32 Å². The normalized spacial score (nSPS) is 14.4. The van der Waals surface area contributed by atoms with E-state index in [0.717, 1.165) is 0 Å². The first-order chi connectivity index (χ1) is 9.40. The first kappa shape index (κ1) is 14.6. The molecule has 1 aliphatic carbocycles. The maximum Gasteiger partial charge on any atom is -0.00489 e. The van der Waals surface area contributed by atoms with Crippen LogP contribution in [0.1, 0.15) is 62.1 Å². The number of rotatable bonds is 8. The fourth-order valence-electron chi connectivity index (χ4n) is 3.00. The van der Waals surface area contributed by atoms with Crippen molar-refractivity contribution in [1.29, 1.82) is 0 Å². The molecule has 0 spiro atoms. The van der Waals surface area contributed by atoms with Gasteiger partial charge in [0.15, 0.2) is 0 Å². The van der Waals surface area contributed by atoms with Crippen molar-refractivity contribution in [3.8, 4) is 0 Å². The summed E-state index contributed by atoms with van der Waals surface area (Å²) in [5.41, 5.74) is 4.80. The number of fused-ring (bicyclic) bond motifs is 1. The van der Waals surface area contributed by atoms with Gasteiger partial charge in [0.25, 0.3) is 0 Å². The third kappa shape index (κ3) is 4.99. The minimum atomic E-state index is 1.17. The lowest BCUT2D eigenvalue weighted by Crippen LogP contribution is -2.15. The number of hydrogen-bond donors (Lipinski definition) is 1. The van der Waals surface area contributed by atoms with E-state index in [9.17, 15) is 0 Å². The van der Waals surface area contributed by atoms with E-state index in [4.69, 9.17) is 0 Å². The Kier molecular flexibility index (Phi) is 6.43. The molecule has 1 aliphatic rings. The molecule has 0 saturated carbocycles. The number of nitrogens with one attached hydrogen (secondary N) is 1. The van der Waals surface area contributed by atoms with Crippen molar-refractivity contribution >= 4 is 0 Å².